The van der Waals surface area contributed by atoms with Crippen molar-refractivity contribution < 1.29 is 14.2 Å². The normalized spacial score (nSPS) is 23.0. The largest absolute Gasteiger partial charge is 0.456 e. The molecule has 2 aromatic carbocycles. The molecule has 0 amide bonds. The molecule has 0 radical (unpaired) electrons. The Morgan fingerprint density at radius 2 is 1.68 bits per heavy atom. The number of hydrogen-bond acceptors (Lipinski definition) is 6. The van der Waals surface area contributed by atoms with Gasteiger partial charge in [0.2, 0.25) is 0 Å². The minimum atomic E-state index is -0.202. The second-order valence-corrected chi connectivity index (χ2v) is 9.94. The monoisotopic (exact) mass is 513 g/mol. The number of fused-ring (bicyclic) bond motifs is 2. The Hall–Kier alpha value is -3.72. The highest BCUT2D eigenvalue weighted by Crippen LogP contribution is 2.34. The second kappa shape index (κ2) is 8.99. The molecule has 7 rings (SSSR count). The summed E-state index contributed by atoms with van der Waals surface area (Å²) in [4.78, 5) is 12.5. The first kappa shape index (κ1) is 22.5. The van der Waals surface area contributed by atoms with Crippen LogP contribution in [0, 0.1) is 5.92 Å². The second-order valence-electron chi connectivity index (χ2n) is 9.54. The first-order chi connectivity index (χ1) is 18.1. The van der Waals surface area contributed by atoms with Crippen molar-refractivity contribution in [2.75, 3.05) is 13.2 Å². The molecule has 3 aromatic heterocycles. The lowest BCUT2D eigenvalue weighted by Gasteiger charge is -2.15. The molecule has 2 saturated heterocycles. The molecule has 186 valence electrons. The van der Waals surface area contributed by atoms with Gasteiger partial charge >= 0.3 is 0 Å². The SMILES string of the molecule is C[C@@H]1CO[C@@H]2C(Oc3nc4nc(-c5ccc(-c6ccc(-n7cccn7)cc6)cc5)c(Cl)cc4[nH]3)CO[C@H]12. The number of aromatic amines is 1. The molecule has 0 bridgehead atoms. The quantitative estimate of drug-likeness (QED) is 0.342. The molecule has 2 fully saturated rings. The van der Waals surface area contributed by atoms with Gasteiger partial charge in [-0.1, -0.05) is 54.9 Å². The van der Waals surface area contributed by atoms with Crippen LogP contribution in [0.5, 0.6) is 6.01 Å². The molecule has 37 heavy (non-hydrogen) atoms. The summed E-state index contributed by atoms with van der Waals surface area (Å²) in [6, 6.07) is 20.6. The van der Waals surface area contributed by atoms with Crippen LogP contribution in [0.2, 0.25) is 5.02 Å². The minimum absolute atomic E-state index is 0.0735. The fraction of sp³-hybridized carbons (Fsp3) is 0.250. The average Bonchev–Trinajstić information content (AvgIpc) is 3.71. The molecule has 5 heterocycles. The van der Waals surface area contributed by atoms with E-state index in [1.54, 1.807) is 6.20 Å². The van der Waals surface area contributed by atoms with Gasteiger partial charge in [-0.25, -0.2) is 9.67 Å². The third-order valence-electron chi connectivity index (χ3n) is 7.05. The number of ether oxygens (including phenoxy) is 3. The van der Waals surface area contributed by atoms with Crippen LogP contribution in [0.25, 0.3) is 39.2 Å². The molecule has 8 nitrogen and oxygen atoms in total. The van der Waals surface area contributed by atoms with Crippen LogP contribution in [0.3, 0.4) is 0 Å². The number of hydrogen-bond donors (Lipinski definition) is 1. The average molecular weight is 514 g/mol. The number of benzene rings is 2. The van der Waals surface area contributed by atoms with Gasteiger partial charge in [0, 0.05) is 23.9 Å². The maximum absolute atomic E-state index is 6.63. The number of aromatic nitrogens is 5. The van der Waals surface area contributed by atoms with Gasteiger partial charge < -0.3 is 19.2 Å². The van der Waals surface area contributed by atoms with Crippen molar-refractivity contribution in [3.8, 4) is 34.1 Å². The smallest absolute Gasteiger partial charge is 0.296 e. The van der Waals surface area contributed by atoms with E-state index in [2.05, 4.69) is 58.4 Å². The summed E-state index contributed by atoms with van der Waals surface area (Å²) >= 11 is 6.63. The maximum Gasteiger partial charge on any atom is 0.296 e. The van der Waals surface area contributed by atoms with E-state index in [4.69, 9.17) is 30.8 Å². The van der Waals surface area contributed by atoms with E-state index < -0.39 is 0 Å². The third kappa shape index (κ3) is 4.07. The molecule has 5 aromatic rings. The van der Waals surface area contributed by atoms with E-state index in [0.717, 1.165) is 22.4 Å². The number of pyridine rings is 1. The molecule has 2 aliphatic rings. The summed E-state index contributed by atoms with van der Waals surface area (Å²) < 4.78 is 19.7. The summed E-state index contributed by atoms with van der Waals surface area (Å²) in [5, 5.41) is 4.82. The predicted molar refractivity (Wildman–Crippen MR) is 140 cm³/mol. The van der Waals surface area contributed by atoms with Gasteiger partial charge in [-0.2, -0.15) is 10.1 Å². The van der Waals surface area contributed by atoms with Crippen molar-refractivity contribution in [2.24, 2.45) is 5.92 Å². The van der Waals surface area contributed by atoms with Gasteiger partial charge in [-0.05, 0) is 35.4 Å². The number of halogens is 1. The topological polar surface area (TPSA) is 87.1 Å². The van der Waals surface area contributed by atoms with Gasteiger partial charge in [-0.15, -0.1) is 0 Å². The fourth-order valence-electron chi connectivity index (χ4n) is 5.10. The first-order valence-electron chi connectivity index (χ1n) is 12.3. The van der Waals surface area contributed by atoms with Crippen molar-refractivity contribution in [1.29, 1.82) is 0 Å². The van der Waals surface area contributed by atoms with Crippen molar-refractivity contribution in [1.82, 2.24) is 24.7 Å². The number of nitrogens with zero attached hydrogens (tertiary/aromatic N) is 4. The molecule has 0 spiro atoms. The van der Waals surface area contributed by atoms with Gasteiger partial charge in [0.25, 0.3) is 6.01 Å². The highest BCUT2D eigenvalue weighted by molar-refractivity contribution is 6.33. The number of imidazole rings is 1. The van der Waals surface area contributed by atoms with E-state index in [1.165, 1.54) is 0 Å². The lowest BCUT2D eigenvalue weighted by molar-refractivity contribution is 0.0262. The summed E-state index contributed by atoms with van der Waals surface area (Å²) in [5.74, 6) is 0.366. The van der Waals surface area contributed by atoms with Gasteiger partial charge in [0.15, 0.2) is 11.8 Å². The molecule has 1 N–H and O–H groups in total. The zero-order chi connectivity index (χ0) is 24.9. The highest BCUT2D eigenvalue weighted by atomic mass is 35.5. The van der Waals surface area contributed by atoms with Crippen LogP contribution in [0.1, 0.15) is 6.92 Å². The van der Waals surface area contributed by atoms with Gasteiger partial charge in [0.1, 0.15) is 6.10 Å². The van der Waals surface area contributed by atoms with E-state index in [-0.39, 0.29) is 18.3 Å². The standard InChI is InChI=1S/C28H24ClN5O3/c1-16-14-35-26-23(15-36-25(16)26)37-28-31-22-13-21(29)24(32-27(22)33-28)19-5-3-17(4-6-19)18-7-9-20(10-8-18)34-12-2-11-30-34/h2-13,16,23,25-26H,14-15H2,1H3,(H,31,32,33)/t16-,23?,25-,26-/m1/s1. The minimum Gasteiger partial charge on any atom is -0.456 e. The summed E-state index contributed by atoms with van der Waals surface area (Å²) in [7, 11) is 0. The van der Waals surface area contributed by atoms with Crippen LogP contribution in [-0.2, 0) is 9.47 Å². The summed E-state index contributed by atoms with van der Waals surface area (Å²) in [5.41, 5.74) is 6.08. The summed E-state index contributed by atoms with van der Waals surface area (Å²) in [6.45, 7) is 3.30. The maximum atomic E-state index is 6.63. The molecule has 4 atom stereocenters. The van der Waals surface area contributed by atoms with E-state index >= 15 is 0 Å². The van der Waals surface area contributed by atoms with Crippen molar-refractivity contribution in [2.45, 2.75) is 25.2 Å². The molecule has 2 aliphatic heterocycles. The van der Waals surface area contributed by atoms with Crippen molar-refractivity contribution >= 4 is 22.8 Å². The van der Waals surface area contributed by atoms with E-state index in [9.17, 15) is 0 Å². The Kier molecular flexibility index (Phi) is 5.46. The number of nitrogens with one attached hydrogen (secondary N) is 1. The summed E-state index contributed by atoms with van der Waals surface area (Å²) in [6.07, 6.45) is 3.49. The number of rotatable bonds is 5. The van der Waals surface area contributed by atoms with E-state index in [0.29, 0.717) is 47.0 Å². The Morgan fingerprint density at radius 1 is 0.946 bits per heavy atom. The number of H-pyrrole nitrogens is 1. The predicted octanol–water partition coefficient (Wildman–Crippen LogP) is 5.31. The fourth-order valence-corrected chi connectivity index (χ4v) is 5.36. The van der Waals surface area contributed by atoms with Crippen molar-refractivity contribution in [3.63, 3.8) is 0 Å². The molecule has 0 saturated carbocycles. The zero-order valence-electron chi connectivity index (χ0n) is 20.0. The van der Waals surface area contributed by atoms with Crippen LogP contribution in [-0.4, -0.2) is 56.3 Å². The molecular formula is C28H24ClN5O3. The lowest BCUT2D eigenvalue weighted by Crippen LogP contribution is -2.33. The van der Waals surface area contributed by atoms with Crippen LogP contribution in [0.4, 0.5) is 0 Å². The lowest BCUT2D eigenvalue weighted by atomic mass is 10.0. The molecule has 1 unspecified atom stereocenters. The van der Waals surface area contributed by atoms with Crippen LogP contribution in [0.15, 0.2) is 73.1 Å². The highest BCUT2D eigenvalue weighted by Gasteiger charge is 2.47. The molecule has 0 aliphatic carbocycles. The van der Waals surface area contributed by atoms with Gasteiger partial charge in [0.05, 0.1) is 41.2 Å². The Labute approximate surface area is 218 Å². The molecule has 9 heteroatoms. The third-order valence-corrected chi connectivity index (χ3v) is 7.34. The van der Waals surface area contributed by atoms with Crippen LogP contribution >= 0.6 is 11.6 Å². The zero-order valence-corrected chi connectivity index (χ0v) is 20.8. The van der Waals surface area contributed by atoms with Crippen molar-refractivity contribution in [3.05, 3.63) is 78.1 Å². The first-order valence-corrected chi connectivity index (χ1v) is 12.7. The van der Waals surface area contributed by atoms with Crippen LogP contribution < -0.4 is 4.74 Å². The van der Waals surface area contributed by atoms with E-state index in [1.807, 2.05) is 35.1 Å². The van der Waals surface area contributed by atoms with Gasteiger partial charge in [-0.3, -0.25) is 0 Å². The Morgan fingerprint density at radius 3 is 2.43 bits per heavy atom. The molecular weight excluding hydrogens is 490 g/mol. The Balaban J connectivity index is 1.11. The Bertz CT molecular complexity index is 1550.